The summed E-state index contributed by atoms with van der Waals surface area (Å²) in [6.45, 7) is 0. The topological polar surface area (TPSA) is 96.5 Å². The number of anilines is 1. The van der Waals surface area contributed by atoms with Crippen molar-refractivity contribution < 1.29 is 4.79 Å². The van der Waals surface area contributed by atoms with Crippen molar-refractivity contribution in [2.75, 3.05) is 5.32 Å². The maximum atomic E-state index is 12.7. The minimum absolute atomic E-state index is 0.213. The van der Waals surface area contributed by atoms with E-state index in [2.05, 4.69) is 48.1 Å². The molecule has 8 heteroatoms. The van der Waals surface area contributed by atoms with Crippen molar-refractivity contribution in [3.05, 3.63) is 75.7 Å². The number of benzene rings is 2. The number of hydrogen-bond acceptors (Lipinski definition) is 6. The van der Waals surface area contributed by atoms with E-state index in [4.69, 9.17) is 0 Å². The lowest BCUT2D eigenvalue weighted by molar-refractivity contribution is 0.102. The third-order valence-electron chi connectivity index (χ3n) is 5.21. The fraction of sp³-hybridized carbons (Fsp3) is 0.174. The van der Waals surface area contributed by atoms with Gasteiger partial charge in [0, 0.05) is 33.7 Å². The molecule has 31 heavy (non-hydrogen) atoms. The Hall–Kier alpha value is -3.83. The van der Waals surface area contributed by atoms with Crippen LogP contribution in [0.4, 0.5) is 5.69 Å². The summed E-state index contributed by atoms with van der Waals surface area (Å²) in [6.07, 6.45) is 3.75. The molecular formula is C23H18N6OS. The molecule has 5 rings (SSSR count). The second-order valence-electron chi connectivity index (χ2n) is 7.31. The molecule has 0 atom stereocenters. The predicted molar refractivity (Wildman–Crippen MR) is 119 cm³/mol. The molecule has 152 valence electrons. The zero-order chi connectivity index (χ0) is 21.0. The molecule has 0 bridgehead atoms. The van der Waals surface area contributed by atoms with Crippen molar-refractivity contribution in [1.82, 2.24) is 25.6 Å². The van der Waals surface area contributed by atoms with E-state index >= 15 is 0 Å². The molecule has 0 unspecified atom stereocenters. The van der Waals surface area contributed by atoms with Gasteiger partial charge in [0.2, 0.25) is 5.82 Å². The lowest BCUT2D eigenvalue weighted by Crippen LogP contribution is -2.12. The Morgan fingerprint density at radius 1 is 1.13 bits per heavy atom. The van der Waals surface area contributed by atoms with E-state index in [1.165, 1.54) is 19.3 Å². The fourth-order valence-electron chi connectivity index (χ4n) is 3.32. The maximum Gasteiger partial charge on any atom is 0.255 e. The molecule has 2 aromatic carbocycles. The van der Waals surface area contributed by atoms with Gasteiger partial charge in [0.05, 0.1) is 5.69 Å². The lowest BCUT2D eigenvalue weighted by Gasteiger charge is -2.22. The van der Waals surface area contributed by atoms with E-state index in [0.29, 0.717) is 23.0 Å². The Kier molecular flexibility index (Phi) is 5.25. The van der Waals surface area contributed by atoms with Crippen molar-refractivity contribution in [2.45, 2.75) is 25.2 Å². The normalized spacial score (nSPS) is 13.2. The molecule has 2 heterocycles. The minimum atomic E-state index is -0.213. The van der Waals surface area contributed by atoms with E-state index < -0.39 is 0 Å². The zero-order valence-corrected chi connectivity index (χ0v) is 17.3. The van der Waals surface area contributed by atoms with Crippen molar-refractivity contribution >= 4 is 22.9 Å². The van der Waals surface area contributed by atoms with Gasteiger partial charge in [-0.25, -0.2) is 4.98 Å². The first-order valence-electron chi connectivity index (χ1n) is 9.97. The zero-order valence-electron chi connectivity index (χ0n) is 16.5. The highest BCUT2D eigenvalue weighted by Gasteiger charge is 2.21. The van der Waals surface area contributed by atoms with Gasteiger partial charge < -0.3 is 5.32 Å². The number of nitrogens with zero attached hydrogens (tertiary/aromatic N) is 4. The molecule has 1 aliphatic rings. The third kappa shape index (κ3) is 4.37. The van der Waals surface area contributed by atoms with Crippen LogP contribution in [0.5, 0.6) is 0 Å². The van der Waals surface area contributed by atoms with Crippen LogP contribution < -0.4 is 5.32 Å². The van der Waals surface area contributed by atoms with E-state index in [9.17, 15) is 4.79 Å². The Bertz CT molecular complexity index is 1280. The van der Waals surface area contributed by atoms with Crippen LogP contribution in [0.3, 0.4) is 0 Å². The first kappa shape index (κ1) is 19.2. The Labute approximate surface area is 182 Å². The molecule has 2 aromatic heterocycles. The number of aromatic nitrogens is 5. The molecule has 1 aliphatic carbocycles. The molecule has 0 saturated heterocycles. The van der Waals surface area contributed by atoms with Crippen molar-refractivity contribution in [2.24, 2.45) is 0 Å². The minimum Gasteiger partial charge on any atom is -0.322 e. The third-order valence-corrected chi connectivity index (χ3v) is 5.98. The van der Waals surface area contributed by atoms with Crippen LogP contribution in [-0.4, -0.2) is 31.5 Å². The van der Waals surface area contributed by atoms with E-state index in [1.807, 2.05) is 30.3 Å². The van der Waals surface area contributed by atoms with Gasteiger partial charge in [0.25, 0.3) is 5.91 Å². The van der Waals surface area contributed by atoms with E-state index in [1.54, 1.807) is 29.5 Å². The number of aromatic amines is 1. The first-order chi connectivity index (χ1) is 15.2. The molecule has 0 aliphatic heterocycles. The van der Waals surface area contributed by atoms with Crippen LogP contribution in [0.15, 0.2) is 53.9 Å². The molecular weight excluding hydrogens is 408 g/mol. The molecule has 2 N–H and O–H groups in total. The maximum absolute atomic E-state index is 12.7. The second-order valence-corrected chi connectivity index (χ2v) is 8.16. The molecule has 1 saturated carbocycles. The molecule has 0 radical (unpaired) electrons. The molecule has 0 spiro atoms. The average molecular weight is 427 g/mol. The highest BCUT2D eigenvalue weighted by molar-refractivity contribution is 7.10. The number of carbonyl (C=O) groups is 1. The molecule has 7 nitrogen and oxygen atoms in total. The number of nitrogens with one attached hydrogen (secondary N) is 2. The van der Waals surface area contributed by atoms with Gasteiger partial charge >= 0.3 is 0 Å². The van der Waals surface area contributed by atoms with Crippen molar-refractivity contribution in [1.29, 1.82) is 0 Å². The largest absolute Gasteiger partial charge is 0.322 e. The predicted octanol–water partition coefficient (Wildman–Crippen LogP) is 4.24. The second kappa shape index (κ2) is 8.50. The summed E-state index contributed by atoms with van der Waals surface area (Å²) in [6, 6.07) is 14.6. The number of amides is 1. The van der Waals surface area contributed by atoms with Gasteiger partial charge in [-0.15, -0.1) is 21.5 Å². The van der Waals surface area contributed by atoms with E-state index in [0.717, 1.165) is 21.8 Å². The summed E-state index contributed by atoms with van der Waals surface area (Å²) in [7, 11) is 0. The van der Waals surface area contributed by atoms with Crippen LogP contribution in [0.2, 0.25) is 0 Å². The Morgan fingerprint density at radius 3 is 2.84 bits per heavy atom. The summed E-state index contributed by atoms with van der Waals surface area (Å²) in [4.78, 5) is 17.4. The van der Waals surface area contributed by atoms with Crippen LogP contribution in [0.1, 0.15) is 51.8 Å². The number of thiazole rings is 1. The standard InChI is InChI=1S/C23H18N6OS/c30-23(24-19-9-3-7-17(13-19)22-26-28-29-27-22)18-8-1-4-15(12-18)10-11-21-25-20(14-31-21)16-5-2-6-16/h1,3-4,7-9,12-14,16H,2,5-6H2,(H,24,30)(H,26,27,28,29). The number of hydrogen-bond donors (Lipinski definition) is 2. The highest BCUT2D eigenvalue weighted by Crippen LogP contribution is 2.36. The number of carbonyl (C=O) groups excluding carboxylic acids is 1. The van der Waals surface area contributed by atoms with Gasteiger partial charge in [-0.3, -0.25) is 4.79 Å². The smallest absolute Gasteiger partial charge is 0.255 e. The number of tetrazole rings is 1. The van der Waals surface area contributed by atoms with Crippen LogP contribution in [0.25, 0.3) is 11.4 Å². The Morgan fingerprint density at radius 2 is 2.03 bits per heavy atom. The molecule has 1 amide bonds. The van der Waals surface area contributed by atoms with Gasteiger partial charge in [-0.1, -0.05) is 30.5 Å². The van der Waals surface area contributed by atoms with Crippen LogP contribution in [-0.2, 0) is 0 Å². The molecule has 1 fully saturated rings. The number of H-pyrrole nitrogens is 1. The lowest BCUT2D eigenvalue weighted by atomic mass is 9.83. The van der Waals surface area contributed by atoms with Gasteiger partial charge in [0.1, 0.15) is 0 Å². The quantitative estimate of drug-likeness (QED) is 0.476. The first-order valence-corrected chi connectivity index (χ1v) is 10.9. The van der Waals surface area contributed by atoms with Crippen LogP contribution >= 0.6 is 11.3 Å². The summed E-state index contributed by atoms with van der Waals surface area (Å²) < 4.78 is 0. The summed E-state index contributed by atoms with van der Waals surface area (Å²) in [5, 5.41) is 19.7. The fourth-order valence-corrected chi connectivity index (χ4v) is 4.07. The summed E-state index contributed by atoms with van der Waals surface area (Å²) in [5.41, 5.74) is 3.88. The summed E-state index contributed by atoms with van der Waals surface area (Å²) in [5.74, 6) is 7.12. The van der Waals surface area contributed by atoms with Gasteiger partial charge in [0.15, 0.2) is 5.01 Å². The number of rotatable bonds is 4. The summed E-state index contributed by atoms with van der Waals surface area (Å²) >= 11 is 1.58. The molecule has 4 aromatic rings. The monoisotopic (exact) mass is 426 g/mol. The Balaban J connectivity index is 1.29. The average Bonchev–Trinajstić information content (AvgIpc) is 3.44. The van der Waals surface area contributed by atoms with Gasteiger partial charge in [-0.2, -0.15) is 5.21 Å². The highest BCUT2D eigenvalue weighted by atomic mass is 32.1. The van der Waals surface area contributed by atoms with Gasteiger partial charge in [-0.05, 0) is 54.3 Å². The SMILES string of the molecule is O=C(Nc1cccc(-c2nn[nH]n2)c1)c1cccc(C#Cc2nc(C3CCC3)cs2)c1. The van der Waals surface area contributed by atoms with Crippen LogP contribution in [0, 0.1) is 11.8 Å². The van der Waals surface area contributed by atoms with Crippen molar-refractivity contribution in [3.8, 4) is 23.2 Å². The van der Waals surface area contributed by atoms with Crippen molar-refractivity contribution in [3.63, 3.8) is 0 Å². The van der Waals surface area contributed by atoms with E-state index in [-0.39, 0.29) is 5.91 Å².